The summed E-state index contributed by atoms with van der Waals surface area (Å²) in [6.45, 7) is 14.8. The van der Waals surface area contributed by atoms with Crippen molar-refractivity contribution in [3.63, 3.8) is 0 Å². The SMILES string of the molecule is C.CCCCCCCC(=O)c1ccc(CCC(C)(COC(C)=O)COC(C)=O)cc1.CCCCCCCCc1ccc(CCC(C)(COC(C)=O)COC(C)=O)cc1. The van der Waals surface area contributed by atoms with E-state index in [4.69, 9.17) is 18.9 Å². The predicted octanol–water partition coefficient (Wildman–Crippen LogP) is 11.6. The first-order chi connectivity index (χ1) is 27.1. The zero-order chi connectivity index (χ0) is 42.5. The largest absolute Gasteiger partial charge is 0.465 e. The Kier molecular flexibility index (Phi) is 28.8. The summed E-state index contributed by atoms with van der Waals surface area (Å²) in [6.07, 6.45) is 18.4. The summed E-state index contributed by atoms with van der Waals surface area (Å²) >= 11 is 0. The zero-order valence-electron chi connectivity index (χ0n) is 36.6. The van der Waals surface area contributed by atoms with Gasteiger partial charge in [-0.25, -0.2) is 0 Å². The van der Waals surface area contributed by atoms with E-state index in [-0.39, 0.29) is 68.9 Å². The molecule has 0 heterocycles. The van der Waals surface area contributed by atoms with Gasteiger partial charge < -0.3 is 18.9 Å². The average Bonchev–Trinajstić information content (AvgIpc) is 3.18. The molecule has 0 fully saturated rings. The second-order valence-corrected chi connectivity index (χ2v) is 16.4. The lowest BCUT2D eigenvalue weighted by atomic mass is 9.85. The van der Waals surface area contributed by atoms with E-state index in [9.17, 15) is 24.0 Å². The lowest BCUT2D eigenvalue weighted by molar-refractivity contribution is -0.152. The molecule has 0 saturated heterocycles. The van der Waals surface area contributed by atoms with Crippen LogP contribution in [0.2, 0.25) is 0 Å². The van der Waals surface area contributed by atoms with Crippen molar-refractivity contribution in [3.05, 3.63) is 70.8 Å². The van der Waals surface area contributed by atoms with Crippen LogP contribution in [0, 0.1) is 10.8 Å². The summed E-state index contributed by atoms with van der Waals surface area (Å²) in [6, 6.07) is 16.5. The molecular formula is C49H78O9. The number of carbonyl (C=O) groups is 5. The molecule has 0 aromatic heterocycles. The molecule has 9 nitrogen and oxygen atoms in total. The number of aryl methyl sites for hydroxylation is 3. The Labute approximate surface area is 351 Å². The normalized spacial score (nSPS) is 11.0. The summed E-state index contributed by atoms with van der Waals surface area (Å²) in [5.41, 5.74) is 3.66. The summed E-state index contributed by atoms with van der Waals surface area (Å²) in [4.78, 5) is 57.0. The average molecular weight is 811 g/mol. The van der Waals surface area contributed by atoms with Crippen LogP contribution >= 0.6 is 0 Å². The number of esters is 4. The van der Waals surface area contributed by atoms with Gasteiger partial charge in [-0.05, 0) is 61.6 Å². The van der Waals surface area contributed by atoms with Crippen molar-refractivity contribution in [1.82, 2.24) is 0 Å². The Morgan fingerprint density at radius 1 is 0.448 bits per heavy atom. The maximum absolute atomic E-state index is 12.3. The molecule has 58 heavy (non-hydrogen) atoms. The molecule has 0 unspecified atom stereocenters. The van der Waals surface area contributed by atoms with Crippen LogP contribution in [0.15, 0.2) is 48.5 Å². The number of hydrogen-bond donors (Lipinski definition) is 0. The van der Waals surface area contributed by atoms with Crippen LogP contribution in [0.5, 0.6) is 0 Å². The van der Waals surface area contributed by atoms with Gasteiger partial charge in [-0.1, -0.05) is 141 Å². The van der Waals surface area contributed by atoms with Crippen molar-refractivity contribution in [2.45, 2.75) is 172 Å². The van der Waals surface area contributed by atoms with Crippen molar-refractivity contribution in [2.75, 3.05) is 26.4 Å². The fraction of sp³-hybridized carbons (Fsp3) is 0.653. The Morgan fingerprint density at radius 2 is 0.759 bits per heavy atom. The molecule has 2 aromatic rings. The van der Waals surface area contributed by atoms with Crippen LogP contribution < -0.4 is 0 Å². The third kappa shape index (κ3) is 26.8. The van der Waals surface area contributed by atoms with Crippen molar-refractivity contribution in [2.24, 2.45) is 10.8 Å². The van der Waals surface area contributed by atoms with E-state index in [0.717, 1.165) is 49.7 Å². The van der Waals surface area contributed by atoms with Crippen molar-refractivity contribution in [3.8, 4) is 0 Å². The third-order valence-corrected chi connectivity index (χ3v) is 10.2. The second-order valence-electron chi connectivity index (χ2n) is 16.4. The monoisotopic (exact) mass is 811 g/mol. The smallest absolute Gasteiger partial charge is 0.302 e. The molecule has 0 atom stereocenters. The van der Waals surface area contributed by atoms with Crippen molar-refractivity contribution < 1.29 is 42.9 Å². The highest BCUT2D eigenvalue weighted by atomic mass is 16.6. The summed E-state index contributed by atoms with van der Waals surface area (Å²) < 4.78 is 20.7. The van der Waals surface area contributed by atoms with Crippen LogP contribution in [0.25, 0.3) is 0 Å². The summed E-state index contributed by atoms with van der Waals surface area (Å²) in [5.74, 6) is -1.13. The molecule has 0 aliphatic carbocycles. The number of carbonyl (C=O) groups excluding carboxylic acids is 5. The zero-order valence-corrected chi connectivity index (χ0v) is 36.6. The first-order valence-electron chi connectivity index (χ1n) is 21.3. The van der Waals surface area contributed by atoms with Crippen molar-refractivity contribution >= 4 is 29.7 Å². The molecule has 0 radical (unpaired) electrons. The molecule has 328 valence electrons. The van der Waals surface area contributed by atoms with Gasteiger partial charge in [0.1, 0.15) is 0 Å². The molecule has 0 N–H and O–H groups in total. The van der Waals surface area contributed by atoms with Crippen LogP contribution in [0.4, 0.5) is 0 Å². The second kappa shape index (κ2) is 31.0. The van der Waals surface area contributed by atoms with Gasteiger partial charge in [0.05, 0.1) is 26.4 Å². The molecule has 0 saturated carbocycles. The van der Waals surface area contributed by atoms with E-state index < -0.39 is 5.41 Å². The molecule has 0 aliphatic heterocycles. The van der Waals surface area contributed by atoms with Crippen LogP contribution in [-0.4, -0.2) is 56.1 Å². The predicted molar refractivity (Wildman–Crippen MR) is 234 cm³/mol. The van der Waals surface area contributed by atoms with E-state index in [1.807, 2.05) is 38.1 Å². The molecule has 2 rings (SSSR count). The van der Waals surface area contributed by atoms with Gasteiger partial charge in [0.15, 0.2) is 5.78 Å². The quantitative estimate of drug-likeness (QED) is 0.0358. The molecule has 9 heteroatoms. The molecule has 0 spiro atoms. The number of ketones is 1. The highest BCUT2D eigenvalue weighted by Gasteiger charge is 2.29. The Bertz CT molecular complexity index is 1410. The molecule has 2 aromatic carbocycles. The standard InChI is InChI=1S/C24H36O5.C24H38O4.CH4/c1-5-6-7-8-9-10-23(27)22-13-11-21(12-14-22)15-16-24(4,17-28-19(2)25)18-29-20(3)26;1-5-6-7-8-9-10-11-22-12-14-23(15-13-22)16-17-24(4,18-27-20(2)25)19-28-21(3)26;/h11-14H,5-10,15-18H2,1-4H3;12-15H,5-11,16-19H2,1-4H3;1H4. The number of Topliss-reactive ketones (excluding diaryl/α,β-unsaturated/α-hetero) is 1. The minimum Gasteiger partial charge on any atom is -0.465 e. The highest BCUT2D eigenvalue weighted by Crippen LogP contribution is 2.27. The van der Waals surface area contributed by atoms with Gasteiger partial charge in [0.2, 0.25) is 0 Å². The number of benzene rings is 2. The van der Waals surface area contributed by atoms with Gasteiger partial charge in [-0.15, -0.1) is 0 Å². The van der Waals surface area contributed by atoms with Gasteiger partial charge in [-0.2, -0.15) is 0 Å². The van der Waals surface area contributed by atoms with E-state index in [1.165, 1.54) is 96.6 Å². The topological polar surface area (TPSA) is 122 Å². The number of unbranched alkanes of at least 4 members (excludes halogenated alkanes) is 9. The summed E-state index contributed by atoms with van der Waals surface area (Å²) in [7, 11) is 0. The van der Waals surface area contributed by atoms with Crippen LogP contribution in [-0.2, 0) is 57.4 Å². The Balaban J connectivity index is 0.00000110. The first kappa shape index (κ1) is 54.0. The molecular weight excluding hydrogens is 733 g/mol. The fourth-order valence-corrected chi connectivity index (χ4v) is 6.24. The lowest BCUT2D eigenvalue weighted by Gasteiger charge is -2.28. The van der Waals surface area contributed by atoms with E-state index in [2.05, 4.69) is 38.1 Å². The Morgan fingerprint density at radius 3 is 1.12 bits per heavy atom. The van der Waals surface area contributed by atoms with E-state index >= 15 is 0 Å². The maximum atomic E-state index is 12.3. The minimum absolute atomic E-state index is 0. The fourth-order valence-electron chi connectivity index (χ4n) is 6.24. The molecule has 0 aliphatic rings. The Hall–Kier alpha value is -4.01. The number of rotatable bonds is 28. The van der Waals surface area contributed by atoms with Gasteiger partial charge in [0, 0.05) is 50.5 Å². The molecule has 0 amide bonds. The van der Waals surface area contributed by atoms with Gasteiger partial charge in [-0.3, -0.25) is 24.0 Å². The maximum Gasteiger partial charge on any atom is 0.302 e. The van der Waals surface area contributed by atoms with Crippen LogP contribution in [0.3, 0.4) is 0 Å². The number of hydrogen-bond acceptors (Lipinski definition) is 9. The first-order valence-corrected chi connectivity index (χ1v) is 21.3. The van der Waals surface area contributed by atoms with Gasteiger partial charge in [0.25, 0.3) is 0 Å². The van der Waals surface area contributed by atoms with Crippen LogP contribution in [0.1, 0.15) is 180 Å². The number of ether oxygens (including phenoxy) is 4. The minimum atomic E-state index is -0.454. The lowest BCUT2D eigenvalue weighted by Crippen LogP contribution is -2.31. The third-order valence-electron chi connectivity index (χ3n) is 10.2. The summed E-state index contributed by atoms with van der Waals surface area (Å²) in [5, 5.41) is 0. The van der Waals surface area contributed by atoms with Gasteiger partial charge >= 0.3 is 23.9 Å². The van der Waals surface area contributed by atoms with Crippen molar-refractivity contribution in [1.29, 1.82) is 0 Å². The van der Waals surface area contributed by atoms with E-state index in [1.54, 1.807) is 0 Å². The molecule has 0 bridgehead atoms. The van der Waals surface area contributed by atoms with E-state index in [0.29, 0.717) is 12.8 Å². The highest BCUT2D eigenvalue weighted by molar-refractivity contribution is 5.96.